The number of hydrogen-bond donors (Lipinski definition) is 2. The fourth-order valence-corrected chi connectivity index (χ4v) is 4.57. The molecule has 1 saturated heterocycles. The lowest BCUT2D eigenvalue weighted by atomic mass is 10.1. The Labute approximate surface area is 186 Å². The van der Waals surface area contributed by atoms with Gasteiger partial charge in [-0.2, -0.15) is 10.1 Å². The number of aliphatic hydroxyl groups is 1. The van der Waals surface area contributed by atoms with Crippen molar-refractivity contribution in [1.82, 2.24) is 29.2 Å². The highest BCUT2D eigenvalue weighted by atomic mass is 16.3. The first kappa shape index (κ1) is 19.5. The molecule has 0 bridgehead atoms. The lowest BCUT2D eigenvalue weighted by Gasteiger charge is -2.35. The van der Waals surface area contributed by atoms with E-state index in [1.807, 2.05) is 19.2 Å². The molecule has 3 aromatic heterocycles. The number of nitrogens with one attached hydrogen (secondary N) is 1. The second kappa shape index (κ2) is 7.43. The van der Waals surface area contributed by atoms with Gasteiger partial charge in [-0.25, -0.2) is 9.67 Å². The SMILES string of the molecule is Cc1nn(-c2ccnc(Nc3ccc4c(c3)c(C3CC3)cn4C)n2)cc1CN1CC(O)C1. The molecule has 0 unspecified atom stereocenters. The number of aryl methyl sites for hydroxylation is 2. The molecular weight excluding hydrogens is 402 g/mol. The summed E-state index contributed by atoms with van der Waals surface area (Å²) in [6, 6.07) is 8.30. The Morgan fingerprint density at radius 1 is 1.16 bits per heavy atom. The number of fused-ring (bicyclic) bond motifs is 1. The van der Waals surface area contributed by atoms with Gasteiger partial charge in [0.25, 0.3) is 0 Å². The summed E-state index contributed by atoms with van der Waals surface area (Å²) in [5.74, 6) is 1.97. The smallest absolute Gasteiger partial charge is 0.229 e. The first-order chi connectivity index (χ1) is 15.5. The molecule has 164 valence electrons. The zero-order valence-corrected chi connectivity index (χ0v) is 18.4. The van der Waals surface area contributed by atoms with E-state index in [1.165, 1.54) is 29.3 Å². The number of rotatable bonds is 6. The summed E-state index contributed by atoms with van der Waals surface area (Å²) in [6.07, 6.45) is 8.41. The van der Waals surface area contributed by atoms with E-state index >= 15 is 0 Å². The molecule has 8 nitrogen and oxygen atoms in total. The van der Waals surface area contributed by atoms with Gasteiger partial charge in [-0.05, 0) is 49.4 Å². The Hall–Kier alpha value is -3.23. The molecule has 8 heteroatoms. The number of nitrogens with zero attached hydrogens (tertiary/aromatic N) is 6. The highest BCUT2D eigenvalue weighted by molar-refractivity contribution is 5.88. The molecule has 1 aromatic carbocycles. The van der Waals surface area contributed by atoms with Crippen LogP contribution in [0.4, 0.5) is 11.6 Å². The van der Waals surface area contributed by atoms with Crippen LogP contribution < -0.4 is 5.32 Å². The van der Waals surface area contributed by atoms with E-state index in [2.05, 4.69) is 56.3 Å². The number of likely N-dealkylation sites (tertiary alicyclic amines) is 1. The van der Waals surface area contributed by atoms with Crippen LogP contribution in [0.5, 0.6) is 0 Å². The van der Waals surface area contributed by atoms with E-state index < -0.39 is 0 Å². The molecule has 0 spiro atoms. The van der Waals surface area contributed by atoms with Crippen molar-refractivity contribution in [2.45, 2.75) is 38.3 Å². The molecule has 2 fully saturated rings. The fourth-order valence-electron chi connectivity index (χ4n) is 4.57. The Morgan fingerprint density at radius 3 is 2.78 bits per heavy atom. The van der Waals surface area contributed by atoms with Crippen LogP contribution in [0.2, 0.25) is 0 Å². The molecule has 0 amide bonds. The third kappa shape index (κ3) is 3.55. The first-order valence-electron chi connectivity index (χ1n) is 11.2. The summed E-state index contributed by atoms with van der Waals surface area (Å²) >= 11 is 0. The third-order valence-corrected chi connectivity index (χ3v) is 6.50. The highest BCUT2D eigenvalue weighted by Crippen LogP contribution is 2.44. The van der Waals surface area contributed by atoms with Crippen molar-refractivity contribution in [2.75, 3.05) is 18.4 Å². The van der Waals surface area contributed by atoms with E-state index in [0.29, 0.717) is 11.9 Å². The van der Waals surface area contributed by atoms with Crippen LogP contribution >= 0.6 is 0 Å². The van der Waals surface area contributed by atoms with Crippen molar-refractivity contribution in [1.29, 1.82) is 0 Å². The maximum atomic E-state index is 9.52. The molecule has 32 heavy (non-hydrogen) atoms. The summed E-state index contributed by atoms with van der Waals surface area (Å²) in [5.41, 5.74) is 5.79. The lowest BCUT2D eigenvalue weighted by Crippen LogP contribution is -2.49. The Bertz CT molecular complexity index is 1300. The normalized spacial score (nSPS) is 17.1. The summed E-state index contributed by atoms with van der Waals surface area (Å²) < 4.78 is 4.02. The molecular formula is C24H27N7O. The van der Waals surface area contributed by atoms with Gasteiger partial charge in [0.2, 0.25) is 5.95 Å². The fraction of sp³-hybridized carbons (Fsp3) is 0.375. The van der Waals surface area contributed by atoms with Crippen molar-refractivity contribution >= 4 is 22.5 Å². The van der Waals surface area contributed by atoms with Gasteiger partial charge in [0.05, 0.1) is 11.8 Å². The van der Waals surface area contributed by atoms with Gasteiger partial charge < -0.3 is 15.0 Å². The second-order valence-corrected chi connectivity index (χ2v) is 9.10. The van der Waals surface area contributed by atoms with Crippen LogP contribution in [-0.2, 0) is 13.6 Å². The van der Waals surface area contributed by atoms with E-state index in [-0.39, 0.29) is 6.10 Å². The van der Waals surface area contributed by atoms with Gasteiger partial charge >= 0.3 is 0 Å². The molecule has 0 atom stereocenters. The average molecular weight is 430 g/mol. The molecule has 1 aliphatic heterocycles. The molecule has 4 aromatic rings. The van der Waals surface area contributed by atoms with Gasteiger partial charge in [-0.1, -0.05) is 0 Å². The van der Waals surface area contributed by atoms with Crippen LogP contribution in [-0.4, -0.2) is 53.5 Å². The topological polar surface area (TPSA) is 84.0 Å². The average Bonchev–Trinajstić information content (AvgIpc) is 3.46. The zero-order valence-electron chi connectivity index (χ0n) is 18.4. The monoisotopic (exact) mass is 429 g/mol. The zero-order chi connectivity index (χ0) is 21.8. The van der Waals surface area contributed by atoms with Crippen molar-refractivity contribution in [2.24, 2.45) is 7.05 Å². The molecule has 6 rings (SSSR count). The number of anilines is 2. The minimum absolute atomic E-state index is 0.198. The first-order valence-corrected chi connectivity index (χ1v) is 11.2. The van der Waals surface area contributed by atoms with Crippen molar-refractivity contribution in [3.8, 4) is 5.82 Å². The van der Waals surface area contributed by atoms with Gasteiger partial charge in [-0.15, -0.1) is 0 Å². The number of hydrogen-bond acceptors (Lipinski definition) is 6. The number of aromatic nitrogens is 5. The molecule has 4 heterocycles. The van der Waals surface area contributed by atoms with E-state index in [1.54, 1.807) is 10.9 Å². The van der Waals surface area contributed by atoms with E-state index in [4.69, 9.17) is 4.98 Å². The number of β-amino-alcohol motifs (C(OH)–C–C–N with tert-alkyl or cyclic N) is 1. The molecule has 2 aliphatic rings. The molecule has 1 aliphatic carbocycles. The Balaban J connectivity index is 1.24. The van der Waals surface area contributed by atoms with Crippen LogP contribution in [0.1, 0.15) is 35.6 Å². The number of benzene rings is 1. The van der Waals surface area contributed by atoms with Crippen LogP contribution in [0.25, 0.3) is 16.7 Å². The maximum Gasteiger partial charge on any atom is 0.229 e. The number of aliphatic hydroxyl groups excluding tert-OH is 1. The van der Waals surface area contributed by atoms with Gasteiger partial charge in [-0.3, -0.25) is 4.90 Å². The van der Waals surface area contributed by atoms with Crippen LogP contribution in [0.3, 0.4) is 0 Å². The lowest BCUT2D eigenvalue weighted by molar-refractivity contribution is -0.00297. The minimum atomic E-state index is -0.198. The molecule has 0 radical (unpaired) electrons. The Morgan fingerprint density at radius 2 is 2.00 bits per heavy atom. The summed E-state index contributed by atoms with van der Waals surface area (Å²) in [7, 11) is 2.11. The largest absolute Gasteiger partial charge is 0.390 e. The van der Waals surface area contributed by atoms with Gasteiger partial charge in [0, 0.05) is 73.5 Å². The van der Waals surface area contributed by atoms with Gasteiger partial charge in [0.1, 0.15) is 0 Å². The van der Waals surface area contributed by atoms with E-state index in [9.17, 15) is 5.11 Å². The third-order valence-electron chi connectivity index (χ3n) is 6.50. The van der Waals surface area contributed by atoms with Crippen molar-refractivity contribution in [3.63, 3.8) is 0 Å². The maximum absolute atomic E-state index is 9.52. The van der Waals surface area contributed by atoms with Gasteiger partial charge in [0.15, 0.2) is 5.82 Å². The standard InChI is InChI=1S/C24H27N7O/c1-15-17(10-30-12-19(32)13-30)11-31(28-15)23-7-8-25-24(27-23)26-18-5-6-22-20(9-18)21(14-29(22)2)16-3-4-16/h5-9,11,14,16,19,32H,3-4,10,12-13H2,1-2H3,(H,25,26,27). The summed E-state index contributed by atoms with van der Waals surface area (Å²) in [5, 5.41) is 18.8. The summed E-state index contributed by atoms with van der Waals surface area (Å²) in [6.45, 7) is 4.25. The van der Waals surface area contributed by atoms with Crippen molar-refractivity contribution < 1.29 is 5.11 Å². The predicted octanol–water partition coefficient (Wildman–Crippen LogP) is 3.26. The van der Waals surface area contributed by atoms with E-state index in [0.717, 1.165) is 42.4 Å². The molecule has 1 saturated carbocycles. The van der Waals surface area contributed by atoms with Crippen LogP contribution in [0.15, 0.2) is 42.9 Å². The highest BCUT2D eigenvalue weighted by Gasteiger charge is 2.27. The summed E-state index contributed by atoms with van der Waals surface area (Å²) in [4.78, 5) is 11.3. The quantitative estimate of drug-likeness (QED) is 0.490. The second-order valence-electron chi connectivity index (χ2n) is 9.10. The van der Waals surface area contributed by atoms with Crippen molar-refractivity contribution in [3.05, 3.63) is 59.7 Å². The minimum Gasteiger partial charge on any atom is -0.390 e. The predicted molar refractivity (Wildman–Crippen MR) is 123 cm³/mol. The van der Waals surface area contributed by atoms with Crippen LogP contribution in [0, 0.1) is 6.92 Å². The Kier molecular flexibility index (Phi) is 4.51. The molecule has 2 N–H and O–H groups in total.